The molecular formula is C17H24O3. The molecular weight excluding hydrogens is 252 g/mol. The van der Waals surface area contributed by atoms with Crippen molar-refractivity contribution in [3.05, 3.63) is 35.9 Å². The molecule has 1 heterocycles. The molecule has 0 aromatic heterocycles. The molecule has 1 aliphatic heterocycles. The average molecular weight is 276 g/mol. The first-order chi connectivity index (χ1) is 9.79. The van der Waals surface area contributed by atoms with Gasteiger partial charge in [-0.25, -0.2) is 9.78 Å². The number of benzene rings is 1. The lowest BCUT2D eigenvalue weighted by Gasteiger charge is -2.06. The van der Waals surface area contributed by atoms with Gasteiger partial charge in [0.25, 0.3) is 0 Å². The lowest BCUT2D eigenvalue weighted by Crippen LogP contribution is -2.13. The monoisotopic (exact) mass is 276 g/mol. The number of hydrogen-bond donors (Lipinski definition) is 0. The SMILES string of the molecule is CCCCCCC1CC(CC(=O)c2ccccc2)OO1. The lowest BCUT2D eigenvalue weighted by molar-refractivity contribution is -0.296. The first-order valence-corrected chi connectivity index (χ1v) is 7.70. The number of hydrogen-bond acceptors (Lipinski definition) is 3. The maximum Gasteiger partial charge on any atom is 0.165 e. The maximum absolute atomic E-state index is 12.1. The van der Waals surface area contributed by atoms with Crippen LogP contribution >= 0.6 is 0 Å². The molecule has 1 aromatic rings. The lowest BCUT2D eigenvalue weighted by atomic mass is 10.00. The van der Waals surface area contributed by atoms with Crippen molar-refractivity contribution in [3.63, 3.8) is 0 Å². The standard InChI is InChI=1S/C17H24O3/c1-2-3-4-8-11-15-12-16(20-19-15)13-17(18)14-9-6-5-7-10-14/h5-7,9-10,15-16H,2-4,8,11-13H2,1H3. The predicted octanol–water partition coefficient (Wildman–Crippen LogP) is 4.32. The number of carbonyl (C=O) groups excluding carboxylic acids is 1. The van der Waals surface area contributed by atoms with Gasteiger partial charge >= 0.3 is 0 Å². The Morgan fingerprint density at radius 1 is 1.10 bits per heavy atom. The van der Waals surface area contributed by atoms with E-state index in [9.17, 15) is 4.79 Å². The van der Waals surface area contributed by atoms with Gasteiger partial charge in [-0.3, -0.25) is 4.79 Å². The van der Waals surface area contributed by atoms with Crippen LogP contribution in [-0.2, 0) is 9.78 Å². The van der Waals surface area contributed by atoms with Gasteiger partial charge in [0.2, 0.25) is 0 Å². The molecule has 2 atom stereocenters. The second kappa shape index (κ2) is 8.18. The van der Waals surface area contributed by atoms with Crippen LogP contribution in [0.5, 0.6) is 0 Å². The first-order valence-electron chi connectivity index (χ1n) is 7.70. The largest absolute Gasteiger partial charge is 0.294 e. The fraction of sp³-hybridized carbons (Fsp3) is 0.588. The fourth-order valence-corrected chi connectivity index (χ4v) is 2.56. The fourth-order valence-electron chi connectivity index (χ4n) is 2.56. The highest BCUT2D eigenvalue weighted by molar-refractivity contribution is 5.96. The molecule has 0 radical (unpaired) electrons. The van der Waals surface area contributed by atoms with Crippen molar-refractivity contribution in [2.45, 2.75) is 64.1 Å². The molecule has 0 N–H and O–H groups in total. The highest BCUT2D eigenvalue weighted by Gasteiger charge is 2.29. The molecule has 0 amide bonds. The molecule has 1 aliphatic rings. The van der Waals surface area contributed by atoms with E-state index in [0.29, 0.717) is 6.42 Å². The van der Waals surface area contributed by atoms with E-state index in [1.807, 2.05) is 30.3 Å². The zero-order valence-electron chi connectivity index (χ0n) is 12.2. The van der Waals surface area contributed by atoms with Gasteiger partial charge in [0.1, 0.15) is 6.10 Å². The van der Waals surface area contributed by atoms with Crippen LogP contribution in [-0.4, -0.2) is 18.0 Å². The Balaban J connectivity index is 1.69. The smallest absolute Gasteiger partial charge is 0.165 e. The summed E-state index contributed by atoms with van der Waals surface area (Å²) in [5.74, 6) is 0.130. The Morgan fingerprint density at radius 3 is 2.60 bits per heavy atom. The summed E-state index contributed by atoms with van der Waals surface area (Å²) in [6.07, 6.45) is 7.33. The van der Waals surface area contributed by atoms with Crippen molar-refractivity contribution in [1.29, 1.82) is 0 Å². The van der Waals surface area contributed by atoms with Crippen LogP contribution in [0.4, 0.5) is 0 Å². The minimum atomic E-state index is -0.0844. The Labute approximate surface area is 121 Å². The normalized spacial score (nSPS) is 22.1. The summed E-state index contributed by atoms with van der Waals surface area (Å²) in [4.78, 5) is 22.7. The molecule has 0 aliphatic carbocycles. The molecule has 3 nitrogen and oxygen atoms in total. The highest BCUT2D eigenvalue weighted by Crippen LogP contribution is 2.25. The van der Waals surface area contributed by atoms with Crippen LogP contribution in [0, 0.1) is 0 Å². The first kappa shape index (κ1) is 15.2. The predicted molar refractivity (Wildman–Crippen MR) is 78.5 cm³/mol. The second-order valence-electron chi connectivity index (χ2n) is 5.51. The molecule has 2 unspecified atom stereocenters. The molecule has 3 heteroatoms. The van der Waals surface area contributed by atoms with Crippen LogP contribution < -0.4 is 0 Å². The quantitative estimate of drug-likeness (QED) is 0.403. The number of rotatable bonds is 8. The van der Waals surface area contributed by atoms with E-state index >= 15 is 0 Å². The molecule has 1 aromatic carbocycles. The molecule has 1 saturated heterocycles. The molecule has 0 bridgehead atoms. The van der Waals surface area contributed by atoms with Crippen molar-refractivity contribution in [2.24, 2.45) is 0 Å². The number of ketones is 1. The summed E-state index contributed by atoms with van der Waals surface area (Å²) >= 11 is 0. The Kier molecular flexibility index (Phi) is 6.22. The Morgan fingerprint density at radius 2 is 1.85 bits per heavy atom. The summed E-state index contributed by atoms with van der Waals surface area (Å²) in [6, 6.07) is 9.38. The van der Waals surface area contributed by atoms with Crippen molar-refractivity contribution >= 4 is 5.78 Å². The van der Waals surface area contributed by atoms with Gasteiger partial charge in [-0.2, -0.15) is 0 Å². The zero-order valence-corrected chi connectivity index (χ0v) is 12.2. The molecule has 2 rings (SSSR count). The average Bonchev–Trinajstić information content (AvgIpc) is 2.92. The zero-order chi connectivity index (χ0) is 14.2. The number of carbonyl (C=O) groups is 1. The van der Waals surface area contributed by atoms with Crippen molar-refractivity contribution in [3.8, 4) is 0 Å². The van der Waals surface area contributed by atoms with Gasteiger partial charge in [0.05, 0.1) is 6.10 Å². The van der Waals surface area contributed by atoms with E-state index in [-0.39, 0.29) is 18.0 Å². The third-order valence-electron chi connectivity index (χ3n) is 3.74. The van der Waals surface area contributed by atoms with Crippen LogP contribution in [0.1, 0.15) is 62.2 Å². The molecule has 20 heavy (non-hydrogen) atoms. The van der Waals surface area contributed by atoms with Gasteiger partial charge in [0, 0.05) is 18.4 Å². The van der Waals surface area contributed by atoms with Crippen LogP contribution in [0.15, 0.2) is 30.3 Å². The minimum Gasteiger partial charge on any atom is -0.294 e. The molecule has 110 valence electrons. The van der Waals surface area contributed by atoms with Gasteiger partial charge < -0.3 is 0 Å². The third kappa shape index (κ3) is 4.73. The van der Waals surface area contributed by atoms with Crippen LogP contribution in [0.3, 0.4) is 0 Å². The van der Waals surface area contributed by atoms with E-state index in [2.05, 4.69) is 6.92 Å². The third-order valence-corrected chi connectivity index (χ3v) is 3.74. The Bertz CT molecular complexity index is 402. The molecule has 0 saturated carbocycles. The van der Waals surface area contributed by atoms with E-state index in [1.54, 1.807) is 0 Å². The Hall–Kier alpha value is -1.19. The van der Waals surface area contributed by atoms with Crippen molar-refractivity contribution < 1.29 is 14.6 Å². The number of unbranched alkanes of at least 4 members (excludes halogenated alkanes) is 3. The van der Waals surface area contributed by atoms with Gasteiger partial charge in [0.15, 0.2) is 5.78 Å². The summed E-state index contributed by atoms with van der Waals surface area (Å²) in [7, 11) is 0. The minimum absolute atomic E-state index is 0.0844. The van der Waals surface area contributed by atoms with Gasteiger partial charge in [-0.15, -0.1) is 0 Å². The summed E-state index contributed by atoms with van der Waals surface area (Å²) in [5, 5.41) is 0. The van der Waals surface area contributed by atoms with Crippen LogP contribution in [0.2, 0.25) is 0 Å². The van der Waals surface area contributed by atoms with E-state index in [4.69, 9.17) is 9.78 Å². The van der Waals surface area contributed by atoms with Gasteiger partial charge in [-0.05, 0) is 6.42 Å². The summed E-state index contributed by atoms with van der Waals surface area (Å²) in [6.45, 7) is 2.21. The highest BCUT2D eigenvalue weighted by atomic mass is 17.2. The molecule has 0 spiro atoms. The summed E-state index contributed by atoms with van der Waals surface area (Å²) in [5.41, 5.74) is 0.752. The topological polar surface area (TPSA) is 35.5 Å². The van der Waals surface area contributed by atoms with Crippen molar-refractivity contribution in [1.82, 2.24) is 0 Å². The number of Topliss-reactive ketones (excluding diaryl/α,β-unsaturated/α-hetero) is 1. The van der Waals surface area contributed by atoms with E-state index < -0.39 is 0 Å². The molecule has 1 fully saturated rings. The maximum atomic E-state index is 12.1. The van der Waals surface area contributed by atoms with Crippen molar-refractivity contribution in [2.75, 3.05) is 0 Å². The van der Waals surface area contributed by atoms with E-state index in [1.165, 1.54) is 25.7 Å². The van der Waals surface area contributed by atoms with Gasteiger partial charge in [-0.1, -0.05) is 62.9 Å². The van der Waals surface area contributed by atoms with Crippen LogP contribution in [0.25, 0.3) is 0 Å². The second-order valence-corrected chi connectivity index (χ2v) is 5.51. The summed E-state index contributed by atoms with van der Waals surface area (Å²) < 4.78 is 0. The van der Waals surface area contributed by atoms with E-state index in [0.717, 1.165) is 18.4 Å².